The molecule has 0 atom stereocenters. The largest absolute Gasteiger partial charge is 0.489 e. The average molecular weight is 466 g/mol. The van der Waals surface area contributed by atoms with Crippen LogP contribution in [-0.2, 0) is 14.8 Å². The second-order valence-electron chi connectivity index (χ2n) is 9.40. The Balaban J connectivity index is 1.76. The minimum absolute atomic E-state index is 0.0936. The quantitative estimate of drug-likeness (QED) is 0.581. The number of ether oxygens (including phenoxy) is 1. The molecule has 0 bridgehead atoms. The lowest BCUT2D eigenvalue weighted by Crippen LogP contribution is -2.38. The van der Waals surface area contributed by atoms with E-state index in [1.165, 1.54) is 25.7 Å². The molecule has 32 heavy (non-hydrogen) atoms. The number of likely N-dealkylation sites (N-methyl/N-ethyl adjacent to an activating group) is 1. The van der Waals surface area contributed by atoms with Crippen LogP contribution in [0.1, 0.15) is 71.6 Å². The van der Waals surface area contributed by atoms with Crippen molar-refractivity contribution in [3.8, 4) is 5.75 Å². The van der Waals surface area contributed by atoms with Gasteiger partial charge in [-0.1, -0.05) is 32.1 Å². The molecule has 0 spiro atoms. The normalized spacial score (nSPS) is 19.2. The molecular weight excluding hydrogens is 426 g/mol. The fourth-order valence-corrected chi connectivity index (χ4v) is 6.17. The highest BCUT2D eigenvalue weighted by molar-refractivity contribution is 7.89. The summed E-state index contributed by atoms with van der Waals surface area (Å²) in [4.78, 5) is 15.2. The molecule has 2 fully saturated rings. The van der Waals surface area contributed by atoms with Crippen molar-refractivity contribution in [3.63, 3.8) is 0 Å². The van der Waals surface area contributed by atoms with Crippen LogP contribution in [0.25, 0.3) is 0 Å². The molecule has 7 nitrogen and oxygen atoms in total. The van der Waals surface area contributed by atoms with Gasteiger partial charge in [0.1, 0.15) is 5.75 Å². The van der Waals surface area contributed by atoms with Crippen LogP contribution < -0.4 is 10.1 Å². The Kier molecular flexibility index (Phi) is 8.96. The van der Waals surface area contributed by atoms with Gasteiger partial charge < -0.3 is 10.1 Å². The number of hydrogen-bond acceptors (Lipinski definition) is 5. The molecular formula is C24H39N3O4S. The molecule has 1 amide bonds. The third-order valence-corrected chi connectivity index (χ3v) is 8.28. The number of anilines is 1. The third-order valence-electron chi connectivity index (χ3n) is 6.38. The van der Waals surface area contributed by atoms with E-state index in [1.807, 2.05) is 20.9 Å². The first-order chi connectivity index (χ1) is 15.3. The van der Waals surface area contributed by atoms with E-state index in [-0.39, 0.29) is 23.5 Å². The van der Waals surface area contributed by atoms with Gasteiger partial charge in [-0.05, 0) is 64.8 Å². The number of rotatable bonds is 8. The molecule has 2 aliphatic rings. The van der Waals surface area contributed by atoms with Crippen LogP contribution >= 0.6 is 0 Å². The smallest absolute Gasteiger partial charge is 0.243 e. The van der Waals surface area contributed by atoms with Crippen LogP contribution in [0.4, 0.5) is 5.69 Å². The molecule has 0 aromatic heterocycles. The summed E-state index contributed by atoms with van der Waals surface area (Å²) >= 11 is 0. The highest BCUT2D eigenvalue weighted by atomic mass is 32.2. The molecule has 1 saturated heterocycles. The number of amides is 1. The lowest BCUT2D eigenvalue weighted by Gasteiger charge is -2.27. The zero-order chi connectivity index (χ0) is 23.1. The van der Waals surface area contributed by atoms with Crippen molar-refractivity contribution in [2.24, 2.45) is 0 Å². The van der Waals surface area contributed by atoms with Gasteiger partial charge in [-0.25, -0.2) is 8.42 Å². The molecule has 180 valence electrons. The SMILES string of the molecule is CC(C)Oc1ccc(S(=O)(=O)N2CCCCC2)cc1NC(=O)CN(C)C1CCCCCC1. The number of nitrogens with zero attached hydrogens (tertiary/aromatic N) is 2. The first kappa shape index (κ1) is 25.0. The minimum Gasteiger partial charge on any atom is -0.489 e. The van der Waals surface area contributed by atoms with E-state index in [9.17, 15) is 13.2 Å². The summed E-state index contributed by atoms with van der Waals surface area (Å²) in [5, 5.41) is 2.93. The maximum Gasteiger partial charge on any atom is 0.243 e. The number of carbonyl (C=O) groups is 1. The zero-order valence-corrected chi connectivity index (χ0v) is 20.6. The molecule has 0 radical (unpaired) electrons. The van der Waals surface area contributed by atoms with Crippen LogP contribution in [0.3, 0.4) is 0 Å². The summed E-state index contributed by atoms with van der Waals surface area (Å²) in [6.07, 6.45) is 9.92. The number of benzene rings is 1. The van der Waals surface area contributed by atoms with Crippen molar-refractivity contribution in [3.05, 3.63) is 18.2 Å². The van der Waals surface area contributed by atoms with E-state index in [2.05, 4.69) is 10.2 Å². The van der Waals surface area contributed by atoms with Crippen LogP contribution in [0.2, 0.25) is 0 Å². The van der Waals surface area contributed by atoms with Crippen LogP contribution in [0, 0.1) is 0 Å². The minimum atomic E-state index is -3.59. The first-order valence-electron chi connectivity index (χ1n) is 12.1. The van der Waals surface area contributed by atoms with Crippen LogP contribution in [0.5, 0.6) is 5.75 Å². The fraction of sp³-hybridized carbons (Fsp3) is 0.708. The maximum atomic E-state index is 13.1. The van der Waals surface area contributed by atoms with Gasteiger partial charge >= 0.3 is 0 Å². The molecule has 1 saturated carbocycles. The highest BCUT2D eigenvalue weighted by Gasteiger charge is 2.27. The van der Waals surface area contributed by atoms with Gasteiger partial charge in [0.15, 0.2) is 0 Å². The molecule has 1 heterocycles. The number of sulfonamides is 1. The molecule has 1 aromatic carbocycles. The second kappa shape index (κ2) is 11.5. The Hall–Kier alpha value is -1.64. The number of carbonyl (C=O) groups excluding carboxylic acids is 1. The van der Waals surface area contributed by atoms with E-state index in [1.54, 1.807) is 22.5 Å². The van der Waals surface area contributed by atoms with Crippen molar-refractivity contribution in [1.82, 2.24) is 9.21 Å². The number of piperidine rings is 1. The molecule has 0 unspecified atom stereocenters. The Labute approximate surface area is 193 Å². The average Bonchev–Trinajstić information content (AvgIpc) is 3.05. The van der Waals surface area contributed by atoms with Crippen molar-refractivity contribution in [2.75, 3.05) is 32.0 Å². The van der Waals surface area contributed by atoms with E-state index >= 15 is 0 Å². The second-order valence-corrected chi connectivity index (χ2v) is 11.3. The van der Waals surface area contributed by atoms with Gasteiger partial charge in [0, 0.05) is 19.1 Å². The van der Waals surface area contributed by atoms with Gasteiger partial charge in [-0.15, -0.1) is 0 Å². The van der Waals surface area contributed by atoms with Crippen molar-refractivity contribution in [1.29, 1.82) is 0 Å². The third kappa shape index (κ3) is 6.68. The molecule has 3 rings (SSSR count). The summed E-state index contributed by atoms with van der Waals surface area (Å²) in [6.45, 7) is 5.17. The topological polar surface area (TPSA) is 79.0 Å². The van der Waals surface area contributed by atoms with Crippen molar-refractivity contribution in [2.45, 2.75) is 88.7 Å². The van der Waals surface area contributed by atoms with E-state index < -0.39 is 10.0 Å². The van der Waals surface area contributed by atoms with Gasteiger partial charge in [0.25, 0.3) is 0 Å². The molecule has 1 aromatic rings. The maximum absolute atomic E-state index is 13.1. The van der Waals surface area contributed by atoms with Gasteiger partial charge in [-0.3, -0.25) is 9.69 Å². The van der Waals surface area contributed by atoms with Crippen LogP contribution in [-0.4, -0.2) is 62.4 Å². The van der Waals surface area contributed by atoms with E-state index in [0.717, 1.165) is 32.1 Å². The summed E-state index contributed by atoms with van der Waals surface area (Å²) in [6, 6.07) is 5.20. The summed E-state index contributed by atoms with van der Waals surface area (Å²) in [5.41, 5.74) is 0.413. The monoisotopic (exact) mass is 465 g/mol. The Morgan fingerprint density at radius 1 is 1.09 bits per heavy atom. The summed E-state index contributed by atoms with van der Waals surface area (Å²) in [5.74, 6) is 0.334. The zero-order valence-electron chi connectivity index (χ0n) is 19.8. The van der Waals surface area contributed by atoms with E-state index in [0.29, 0.717) is 30.6 Å². The van der Waals surface area contributed by atoms with Gasteiger partial charge in [0.05, 0.1) is 23.2 Å². The molecule has 1 N–H and O–H groups in total. The molecule has 1 aliphatic carbocycles. The van der Waals surface area contributed by atoms with Crippen LogP contribution in [0.15, 0.2) is 23.1 Å². The Bertz CT molecular complexity index is 858. The number of nitrogens with one attached hydrogen (secondary N) is 1. The predicted molar refractivity (Wildman–Crippen MR) is 128 cm³/mol. The van der Waals surface area contributed by atoms with E-state index in [4.69, 9.17) is 4.74 Å². The summed E-state index contributed by atoms with van der Waals surface area (Å²) in [7, 11) is -1.60. The number of hydrogen-bond donors (Lipinski definition) is 1. The fourth-order valence-electron chi connectivity index (χ4n) is 4.62. The standard InChI is InChI=1S/C24H39N3O4S/c1-19(2)31-23-14-13-21(32(29,30)27-15-9-6-10-16-27)17-22(23)25-24(28)18-26(3)20-11-7-4-5-8-12-20/h13-14,17,19-20H,4-12,15-16,18H2,1-3H3,(H,25,28). The lowest BCUT2D eigenvalue weighted by molar-refractivity contribution is -0.117. The first-order valence-corrected chi connectivity index (χ1v) is 13.5. The Morgan fingerprint density at radius 2 is 1.72 bits per heavy atom. The van der Waals surface area contributed by atoms with Gasteiger partial charge in [-0.2, -0.15) is 4.31 Å². The predicted octanol–water partition coefficient (Wildman–Crippen LogP) is 4.24. The lowest BCUT2D eigenvalue weighted by atomic mass is 10.1. The molecule has 8 heteroatoms. The summed E-state index contributed by atoms with van der Waals surface area (Å²) < 4.78 is 33.7. The Morgan fingerprint density at radius 3 is 2.34 bits per heavy atom. The highest BCUT2D eigenvalue weighted by Crippen LogP contribution is 2.31. The van der Waals surface area contributed by atoms with Crippen molar-refractivity contribution < 1.29 is 17.9 Å². The van der Waals surface area contributed by atoms with Crippen molar-refractivity contribution >= 4 is 21.6 Å². The van der Waals surface area contributed by atoms with Gasteiger partial charge in [0.2, 0.25) is 15.9 Å². The molecule has 1 aliphatic heterocycles.